The molecule has 0 unspecified atom stereocenters. The van der Waals surface area contributed by atoms with Crippen molar-refractivity contribution in [3.05, 3.63) is 29.7 Å². The summed E-state index contributed by atoms with van der Waals surface area (Å²) >= 11 is 0. The maximum Gasteiger partial charge on any atom is 0.268 e. The third kappa shape index (κ3) is 3.20. The highest BCUT2D eigenvalue weighted by molar-refractivity contribution is 6.00. The monoisotopic (exact) mass is 354 g/mol. The average molecular weight is 354 g/mol. The lowest BCUT2D eigenvalue weighted by Crippen LogP contribution is -2.50. The molecule has 0 bridgehead atoms. The van der Waals surface area contributed by atoms with E-state index in [1.165, 1.54) is 12.8 Å². The van der Waals surface area contributed by atoms with Gasteiger partial charge in [0.2, 0.25) is 5.91 Å². The zero-order valence-corrected chi connectivity index (χ0v) is 15.5. The Morgan fingerprint density at radius 1 is 1.27 bits per heavy atom. The van der Waals surface area contributed by atoms with Crippen LogP contribution in [0.1, 0.15) is 55.2 Å². The number of fused-ring (bicyclic) bond motifs is 1. The molecule has 26 heavy (non-hydrogen) atoms. The number of nitrogens with zero attached hydrogens (tertiary/aromatic N) is 2. The maximum absolute atomic E-state index is 12.8. The normalized spacial score (nSPS) is 19.5. The molecule has 3 heterocycles. The number of aromatic nitrogens is 2. The number of hydrogen-bond donors (Lipinski definition) is 2. The van der Waals surface area contributed by atoms with Gasteiger partial charge in [0.15, 0.2) is 0 Å². The summed E-state index contributed by atoms with van der Waals surface area (Å²) < 4.78 is 0. The molecule has 2 fully saturated rings. The number of piperidine rings is 1. The number of nitrogens with one attached hydrogen (secondary N) is 2. The first-order valence-corrected chi connectivity index (χ1v) is 9.55. The van der Waals surface area contributed by atoms with Gasteiger partial charge in [0, 0.05) is 24.2 Å². The first kappa shape index (κ1) is 17.1. The van der Waals surface area contributed by atoms with Crippen LogP contribution in [-0.2, 0) is 4.79 Å². The number of carbonyl (C=O) groups is 2. The van der Waals surface area contributed by atoms with Crippen LogP contribution in [0.5, 0.6) is 0 Å². The molecule has 2 amide bonds. The van der Waals surface area contributed by atoms with E-state index in [-0.39, 0.29) is 11.8 Å². The Kier molecular flexibility index (Phi) is 4.21. The standard InChI is InChI=1S/C20H26N4O2/c1-3-15(19(26)24-8-6-20(4-5-20)7-9-24)23-18(25)16-11-14-10-13(2)21-12-17(14)22-16/h10-12,15,22H,3-9H2,1-2H3,(H,23,25)/t15-/m0/s1. The molecule has 1 aliphatic heterocycles. The molecule has 2 aromatic rings. The van der Waals surface area contributed by atoms with Gasteiger partial charge in [-0.3, -0.25) is 14.6 Å². The van der Waals surface area contributed by atoms with Gasteiger partial charge >= 0.3 is 0 Å². The molecule has 1 saturated heterocycles. The summed E-state index contributed by atoms with van der Waals surface area (Å²) in [5.41, 5.74) is 2.74. The largest absolute Gasteiger partial charge is 0.349 e. The molecule has 0 aromatic carbocycles. The van der Waals surface area contributed by atoms with E-state index in [1.54, 1.807) is 6.20 Å². The van der Waals surface area contributed by atoms with Gasteiger partial charge in [0.05, 0.1) is 11.7 Å². The second-order valence-electron chi connectivity index (χ2n) is 7.86. The lowest BCUT2D eigenvalue weighted by atomic mass is 9.93. The Hall–Kier alpha value is -2.37. The van der Waals surface area contributed by atoms with E-state index >= 15 is 0 Å². The van der Waals surface area contributed by atoms with Gasteiger partial charge in [-0.05, 0) is 56.6 Å². The highest BCUT2D eigenvalue weighted by Gasteiger charge is 2.45. The number of aryl methyl sites for hydroxylation is 1. The molecule has 1 spiro atoms. The van der Waals surface area contributed by atoms with Crippen molar-refractivity contribution in [3.63, 3.8) is 0 Å². The minimum Gasteiger partial charge on any atom is -0.349 e. The third-order valence-corrected chi connectivity index (χ3v) is 5.99. The van der Waals surface area contributed by atoms with Crippen LogP contribution in [0.2, 0.25) is 0 Å². The summed E-state index contributed by atoms with van der Waals surface area (Å²) in [7, 11) is 0. The number of pyridine rings is 1. The van der Waals surface area contributed by atoms with Crippen molar-refractivity contribution < 1.29 is 9.59 Å². The molecule has 1 aliphatic carbocycles. The zero-order chi connectivity index (χ0) is 18.3. The van der Waals surface area contributed by atoms with Crippen molar-refractivity contribution in [1.29, 1.82) is 0 Å². The predicted octanol–water partition coefficient (Wildman–Crippen LogP) is 2.78. The number of amides is 2. The fourth-order valence-corrected chi connectivity index (χ4v) is 3.94. The van der Waals surface area contributed by atoms with Gasteiger partial charge in [0.25, 0.3) is 5.91 Å². The lowest BCUT2D eigenvalue weighted by molar-refractivity contribution is -0.134. The second kappa shape index (κ2) is 6.41. The Morgan fingerprint density at radius 2 is 2.00 bits per heavy atom. The van der Waals surface area contributed by atoms with Crippen molar-refractivity contribution in [1.82, 2.24) is 20.2 Å². The minimum absolute atomic E-state index is 0.0463. The molecule has 1 saturated carbocycles. The molecule has 2 aliphatic rings. The van der Waals surface area contributed by atoms with Crippen LogP contribution in [0, 0.1) is 12.3 Å². The molecule has 4 rings (SSSR count). The first-order valence-electron chi connectivity index (χ1n) is 9.55. The quantitative estimate of drug-likeness (QED) is 0.886. The fourth-order valence-electron chi connectivity index (χ4n) is 3.94. The van der Waals surface area contributed by atoms with Crippen molar-refractivity contribution in [2.45, 2.75) is 52.0 Å². The molecular weight excluding hydrogens is 328 g/mol. The number of H-pyrrole nitrogens is 1. The van der Waals surface area contributed by atoms with Crippen LogP contribution in [0.15, 0.2) is 18.3 Å². The van der Waals surface area contributed by atoms with Crippen LogP contribution < -0.4 is 5.32 Å². The Labute approximate surface area is 153 Å². The van der Waals surface area contributed by atoms with Crippen LogP contribution >= 0.6 is 0 Å². The van der Waals surface area contributed by atoms with Gasteiger partial charge in [-0.1, -0.05) is 6.92 Å². The van der Waals surface area contributed by atoms with Crippen molar-refractivity contribution in [2.24, 2.45) is 5.41 Å². The summed E-state index contributed by atoms with van der Waals surface area (Å²) in [6.07, 6.45) is 7.17. The summed E-state index contributed by atoms with van der Waals surface area (Å²) in [5.74, 6) is -0.195. The van der Waals surface area contributed by atoms with E-state index in [0.717, 1.165) is 42.5 Å². The van der Waals surface area contributed by atoms with Gasteiger partial charge < -0.3 is 15.2 Å². The number of likely N-dealkylation sites (tertiary alicyclic amines) is 1. The summed E-state index contributed by atoms with van der Waals surface area (Å²) in [6.45, 7) is 5.50. The highest BCUT2D eigenvalue weighted by Crippen LogP contribution is 2.53. The Bertz CT molecular complexity index is 843. The highest BCUT2D eigenvalue weighted by atomic mass is 16.2. The number of hydrogen-bond acceptors (Lipinski definition) is 3. The van der Waals surface area contributed by atoms with Crippen molar-refractivity contribution in [3.8, 4) is 0 Å². The molecular formula is C20H26N4O2. The van der Waals surface area contributed by atoms with Crippen molar-refractivity contribution in [2.75, 3.05) is 13.1 Å². The minimum atomic E-state index is -0.470. The van der Waals surface area contributed by atoms with Gasteiger partial charge in [-0.15, -0.1) is 0 Å². The Morgan fingerprint density at radius 3 is 2.65 bits per heavy atom. The molecule has 6 nitrogen and oxygen atoms in total. The summed E-state index contributed by atoms with van der Waals surface area (Å²) in [4.78, 5) is 34.7. The molecule has 138 valence electrons. The van der Waals surface area contributed by atoms with Crippen LogP contribution in [0.3, 0.4) is 0 Å². The Balaban J connectivity index is 1.43. The molecule has 2 N–H and O–H groups in total. The summed E-state index contributed by atoms with van der Waals surface area (Å²) in [5, 5.41) is 3.86. The van der Waals surface area contributed by atoms with E-state index in [2.05, 4.69) is 15.3 Å². The molecule has 1 atom stereocenters. The van der Waals surface area contributed by atoms with Crippen LogP contribution in [-0.4, -0.2) is 45.8 Å². The number of rotatable bonds is 4. The van der Waals surface area contributed by atoms with E-state index in [4.69, 9.17) is 0 Å². The van der Waals surface area contributed by atoms with E-state index < -0.39 is 6.04 Å². The number of carbonyl (C=O) groups excluding carboxylic acids is 2. The lowest BCUT2D eigenvalue weighted by Gasteiger charge is -2.34. The first-order chi connectivity index (χ1) is 12.5. The van der Waals surface area contributed by atoms with E-state index in [0.29, 0.717) is 17.5 Å². The second-order valence-corrected chi connectivity index (χ2v) is 7.86. The van der Waals surface area contributed by atoms with Gasteiger partial charge in [-0.2, -0.15) is 0 Å². The topological polar surface area (TPSA) is 78.1 Å². The molecule has 6 heteroatoms. The van der Waals surface area contributed by atoms with Gasteiger partial charge in [0.1, 0.15) is 11.7 Å². The molecule has 2 aromatic heterocycles. The van der Waals surface area contributed by atoms with Crippen LogP contribution in [0.25, 0.3) is 10.9 Å². The maximum atomic E-state index is 12.8. The SMILES string of the molecule is CC[C@H](NC(=O)c1cc2cc(C)ncc2[nH]1)C(=O)N1CCC2(CC1)CC2. The van der Waals surface area contributed by atoms with Crippen molar-refractivity contribution >= 4 is 22.7 Å². The van der Waals surface area contributed by atoms with E-state index in [1.807, 2.05) is 30.9 Å². The third-order valence-electron chi connectivity index (χ3n) is 5.99. The predicted molar refractivity (Wildman–Crippen MR) is 99.9 cm³/mol. The number of aromatic amines is 1. The average Bonchev–Trinajstić information content (AvgIpc) is 3.25. The van der Waals surface area contributed by atoms with Gasteiger partial charge in [-0.25, -0.2) is 0 Å². The fraction of sp³-hybridized carbons (Fsp3) is 0.550. The summed E-state index contributed by atoms with van der Waals surface area (Å²) in [6, 6.07) is 3.28. The van der Waals surface area contributed by atoms with Crippen LogP contribution in [0.4, 0.5) is 0 Å². The zero-order valence-electron chi connectivity index (χ0n) is 15.5. The smallest absolute Gasteiger partial charge is 0.268 e. The molecule has 0 radical (unpaired) electrons. The van der Waals surface area contributed by atoms with E-state index in [9.17, 15) is 9.59 Å².